The van der Waals surface area contributed by atoms with Gasteiger partial charge in [0.1, 0.15) is 11.4 Å². The molecule has 0 radical (unpaired) electrons. The number of aromatic amines is 2. The first kappa shape index (κ1) is 16.4. The molecule has 138 valence electrons. The summed E-state index contributed by atoms with van der Waals surface area (Å²) in [5, 5.41) is 7.47. The van der Waals surface area contributed by atoms with Crippen molar-refractivity contribution in [3.63, 3.8) is 0 Å². The van der Waals surface area contributed by atoms with Gasteiger partial charge in [-0.25, -0.2) is 9.37 Å². The molecule has 5 rings (SSSR count). The molecule has 0 atom stereocenters. The molecule has 0 aliphatic carbocycles. The van der Waals surface area contributed by atoms with E-state index in [9.17, 15) is 0 Å². The molecule has 7 nitrogen and oxygen atoms in total. The quantitative estimate of drug-likeness (QED) is 0.503. The maximum Gasteiger partial charge on any atom is 0.161 e. The number of para-hydroxylation sites is 2. The van der Waals surface area contributed by atoms with Gasteiger partial charge in [0.15, 0.2) is 11.6 Å². The Morgan fingerprint density at radius 1 is 1.00 bits per heavy atom. The Morgan fingerprint density at radius 3 is 2.68 bits per heavy atom. The summed E-state index contributed by atoms with van der Waals surface area (Å²) in [5.41, 5.74) is 4.28. The van der Waals surface area contributed by atoms with E-state index >= 15 is 4.39 Å². The van der Waals surface area contributed by atoms with Crippen molar-refractivity contribution in [2.24, 2.45) is 0 Å². The summed E-state index contributed by atoms with van der Waals surface area (Å²) >= 11 is 0. The second-order valence-corrected chi connectivity index (χ2v) is 6.71. The summed E-state index contributed by atoms with van der Waals surface area (Å²) in [6.45, 7) is 0. The molecule has 28 heavy (non-hydrogen) atoms. The minimum atomic E-state index is -0.459. The first-order valence-corrected chi connectivity index (χ1v) is 8.72. The molecule has 0 saturated carbocycles. The minimum absolute atomic E-state index is 0.225. The highest BCUT2D eigenvalue weighted by atomic mass is 19.1. The number of hydrogen-bond donors (Lipinski definition) is 2. The summed E-state index contributed by atoms with van der Waals surface area (Å²) in [7, 11) is 3.81. The average molecular weight is 373 g/mol. The molecule has 0 aliphatic heterocycles. The normalized spacial score (nSPS) is 11.4. The number of hydrogen-bond acceptors (Lipinski definition) is 5. The highest BCUT2D eigenvalue weighted by Gasteiger charge is 2.20. The predicted octanol–water partition coefficient (Wildman–Crippen LogP) is 3.77. The van der Waals surface area contributed by atoms with Gasteiger partial charge in [-0.15, -0.1) is 0 Å². The fourth-order valence-corrected chi connectivity index (χ4v) is 3.21. The number of aromatic nitrogens is 6. The number of fused-ring (bicyclic) bond motifs is 2. The molecule has 0 aliphatic rings. The van der Waals surface area contributed by atoms with Crippen molar-refractivity contribution in [2.75, 3.05) is 19.0 Å². The fraction of sp³-hybridized carbons (Fsp3) is 0.100. The van der Waals surface area contributed by atoms with Crippen molar-refractivity contribution in [1.29, 1.82) is 0 Å². The lowest BCUT2D eigenvalue weighted by Gasteiger charge is -2.13. The van der Waals surface area contributed by atoms with E-state index in [1.165, 1.54) is 0 Å². The van der Waals surface area contributed by atoms with Crippen LogP contribution in [-0.2, 0) is 0 Å². The first-order chi connectivity index (χ1) is 13.6. The number of nitrogens with one attached hydrogen (secondary N) is 2. The number of imidazole rings is 1. The number of anilines is 1. The van der Waals surface area contributed by atoms with Gasteiger partial charge >= 0.3 is 0 Å². The van der Waals surface area contributed by atoms with Crippen molar-refractivity contribution in [3.8, 4) is 22.8 Å². The van der Waals surface area contributed by atoms with Gasteiger partial charge in [0, 0.05) is 25.9 Å². The predicted molar refractivity (Wildman–Crippen MR) is 106 cm³/mol. The lowest BCUT2D eigenvalue weighted by Crippen LogP contribution is -2.09. The van der Waals surface area contributed by atoms with E-state index < -0.39 is 5.82 Å². The van der Waals surface area contributed by atoms with E-state index in [4.69, 9.17) is 0 Å². The smallest absolute Gasteiger partial charge is 0.161 e. The van der Waals surface area contributed by atoms with Crippen LogP contribution < -0.4 is 4.90 Å². The SMILES string of the molecule is CN(C)c1cncc(-c2ncc3[nH]nc(-c4nc5ccccc5[nH]4)c3c2F)c1. The Labute approximate surface area is 159 Å². The van der Waals surface area contributed by atoms with Crippen LogP contribution in [0, 0.1) is 5.82 Å². The van der Waals surface area contributed by atoms with Crippen molar-refractivity contribution in [1.82, 2.24) is 30.1 Å². The van der Waals surface area contributed by atoms with Crippen LogP contribution in [0.3, 0.4) is 0 Å². The average Bonchev–Trinajstić information content (AvgIpc) is 3.32. The van der Waals surface area contributed by atoms with Gasteiger partial charge in [0.25, 0.3) is 0 Å². The maximum absolute atomic E-state index is 15.5. The van der Waals surface area contributed by atoms with Crippen LogP contribution in [0.2, 0.25) is 0 Å². The van der Waals surface area contributed by atoms with Crippen LogP contribution in [0.5, 0.6) is 0 Å². The summed E-state index contributed by atoms with van der Waals surface area (Å²) in [5.74, 6) is 0.0445. The Bertz CT molecular complexity index is 1290. The third-order valence-electron chi connectivity index (χ3n) is 4.67. The Hall–Kier alpha value is -3.81. The molecule has 4 aromatic heterocycles. The largest absolute Gasteiger partial charge is 0.376 e. The second-order valence-electron chi connectivity index (χ2n) is 6.71. The van der Waals surface area contributed by atoms with Crippen molar-refractivity contribution in [2.45, 2.75) is 0 Å². The molecule has 0 bridgehead atoms. The highest BCUT2D eigenvalue weighted by Crippen LogP contribution is 2.32. The van der Waals surface area contributed by atoms with Crippen molar-refractivity contribution < 1.29 is 4.39 Å². The minimum Gasteiger partial charge on any atom is -0.376 e. The van der Waals surface area contributed by atoms with Crippen LogP contribution in [0.1, 0.15) is 0 Å². The monoisotopic (exact) mass is 373 g/mol. The van der Waals surface area contributed by atoms with Gasteiger partial charge in [-0.2, -0.15) is 5.10 Å². The number of nitrogens with zero attached hydrogens (tertiary/aromatic N) is 5. The Balaban J connectivity index is 1.71. The lowest BCUT2D eigenvalue weighted by molar-refractivity contribution is 0.638. The molecular formula is C20H16FN7. The van der Waals surface area contributed by atoms with Crippen LogP contribution in [0.25, 0.3) is 44.7 Å². The number of pyridine rings is 2. The zero-order valence-corrected chi connectivity index (χ0v) is 15.2. The third-order valence-corrected chi connectivity index (χ3v) is 4.67. The summed E-state index contributed by atoms with van der Waals surface area (Å²) in [6.07, 6.45) is 4.90. The van der Waals surface area contributed by atoms with Crippen LogP contribution in [0.4, 0.5) is 10.1 Å². The summed E-state index contributed by atoms with van der Waals surface area (Å²) in [6, 6.07) is 9.49. The zero-order chi connectivity index (χ0) is 19.3. The molecule has 0 fully saturated rings. The molecule has 5 aromatic rings. The number of halogens is 1. The van der Waals surface area contributed by atoms with Crippen LogP contribution >= 0.6 is 0 Å². The lowest BCUT2D eigenvalue weighted by atomic mass is 10.1. The third kappa shape index (κ3) is 2.50. The molecule has 4 heterocycles. The van der Waals surface area contributed by atoms with Gasteiger partial charge in [0.2, 0.25) is 0 Å². The Morgan fingerprint density at radius 2 is 1.86 bits per heavy atom. The van der Waals surface area contributed by atoms with Crippen molar-refractivity contribution in [3.05, 3.63) is 54.7 Å². The van der Waals surface area contributed by atoms with Gasteiger partial charge < -0.3 is 9.88 Å². The van der Waals surface area contributed by atoms with E-state index in [1.54, 1.807) is 18.6 Å². The van der Waals surface area contributed by atoms with E-state index in [0.29, 0.717) is 28.0 Å². The molecule has 0 amide bonds. The van der Waals surface area contributed by atoms with E-state index in [1.807, 2.05) is 49.3 Å². The maximum atomic E-state index is 15.5. The second kappa shape index (κ2) is 6.12. The standard InChI is InChI=1S/C20H16FN7/c1-28(2)12-7-11(8-22-9-12)18-17(21)16-15(10-23-18)26-27-19(16)20-24-13-5-3-4-6-14(13)25-20/h3-10H,1-2H3,(H,24,25)(H,26,27). The van der Waals surface area contributed by atoms with Gasteiger partial charge in [-0.1, -0.05) is 12.1 Å². The number of benzene rings is 1. The van der Waals surface area contributed by atoms with Crippen molar-refractivity contribution >= 4 is 27.6 Å². The fourth-order valence-electron chi connectivity index (χ4n) is 3.21. The molecule has 1 aromatic carbocycles. The summed E-state index contributed by atoms with van der Waals surface area (Å²) < 4.78 is 15.5. The van der Waals surface area contributed by atoms with E-state index in [0.717, 1.165) is 16.7 Å². The molecule has 2 N–H and O–H groups in total. The van der Waals surface area contributed by atoms with E-state index in [-0.39, 0.29) is 5.69 Å². The highest BCUT2D eigenvalue weighted by molar-refractivity contribution is 5.95. The molecule has 0 unspecified atom stereocenters. The molecule has 0 saturated heterocycles. The zero-order valence-electron chi connectivity index (χ0n) is 15.2. The first-order valence-electron chi connectivity index (χ1n) is 8.72. The Kier molecular flexibility index (Phi) is 3.58. The molecular weight excluding hydrogens is 357 g/mol. The van der Waals surface area contributed by atoms with Crippen LogP contribution in [-0.4, -0.2) is 44.2 Å². The number of H-pyrrole nitrogens is 2. The van der Waals surface area contributed by atoms with Gasteiger partial charge in [-0.05, 0) is 18.2 Å². The summed E-state index contributed by atoms with van der Waals surface area (Å²) in [4.78, 5) is 18.2. The molecule has 0 spiro atoms. The van der Waals surface area contributed by atoms with E-state index in [2.05, 4.69) is 30.1 Å². The topological polar surface area (TPSA) is 86.4 Å². The number of rotatable bonds is 3. The van der Waals surface area contributed by atoms with Gasteiger partial charge in [0.05, 0.1) is 40.0 Å². The van der Waals surface area contributed by atoms with Crippen LogP contribution in [0.15, 0.2) is 48.9 Å². The molecule has 8 heteroatoms. The van der Waals surface area contributed by atoms with Gasteiger partial charge in [-0.3, -0.25) is 15.1 Å².